The molecule has 0 aliphatic carbocycles. The van der Waals surface area contributed by atoms with E-state index in [4.69, 9.17) is 12.2 Å². The van der Waals surface area contributed by atoms with Crippen LogP contribution in [0.1, 0.15) is 16.7 Å². The number of aryl methyl sites for hydroxylation is 2. The predicted octanol–water partition coefficient (Wildman–Crippen LogP) is 5.26. The highest BCUT2D eigenvalue weighted by Crippen LogP contribution is 2.22. The Balaban J connectivity index is 1.70. The van der Waals surface area contributed by atoms with Crippen LogP contribution >= 0.6 is 28.1 Å². The van der Waals surface area contributed by atoms with Gasteiger partial charge in [0.25, 0.3) is 0 Å². The molecule has 0 saturated carbocycles. The lowest BCUT2D eigenvalue weighted by atomic mass is 10.1. The number of hydrogen-bond donors (Lipinski definition) is 2. The van der Waals surface area contributed by atoms with Crippen molar-refractivity contribution in [1.82, 2.24) is 9.78 Å². The maximum atomic E-state index is 13.8. The van der Waals surface area contributed by atoms with Crippen molar-refractivity contribution in [3.05, 3.63) is 75.6 Å². The van der Waals surface area contributed by atoms with Crippen LogP contribution in [0.15, 0.2) is 53.1 Å². The Morgan fingerprint density at radius 3 is 2.73 bits per heavy atom. The van der Waals surface area contributed by atoms with Crippen molar-refractivity contribution in [3.63, 3.8) is 0 Å². The maximum Gasteiger partial charge on any atom is 0.176 e. The lowest BCUT2D eigenvalue weighted by Gasteiger charge is -2.12. The van der Waals surface area contributed by atoms with Gasteiger partial charge in [-0.1, -0.05) is 30.3 Å². The lowest BCUT2D eigenvalue weighted by molar-refractivity contribution is 0.586. The van der Waals surface area contributed by atoms with E-state index >= 15 is 0 Å². The quantitative estimate of drug-likeness (QED) is 0.551. The Kier molecular flexibility index (Phi) is 5.68. The highest BCUT2D eigenvalue weighted by molar-refractivity contribution is 9.10. The molecular formula is C19H18BrFN4S. The van der Waals surface area contributed by atoms with Crippen molar-refractivity contribution >= 4 is 44.8 Å². The number of halogens is 2. The Hall–Kier alpha value is -2.25. The van der Waals surface area contributed by atoms with Gasteiger partial charge in [-0.25, -0.2) is 4.39 Å². The maximum absolute atomic E-state index is 13.8. The number of nitrogens with one attached hydrogen (secondary N) is 2. The summed E-state index contributed by atoms with van der Waals surface area (Å²) in [5, 5.41) is 11.1. The Morgan fingerprint density at radius 2 is 1.96 bits per heavy atom. The summed E-state index contributed by atoms with van der Waals surface area (Å²) in [6, 6.07) is 12.8. The van der Waals surface area contributed by atoms with Gasteiger partial charge in [0.1, 0.15) is 5.82 Å². The molecule has 0 saturated heterocycles. The molecule has 3 aromatic rings. The molecule has 1 heterocycles. The summed E-state index contributed by atoms with van der Waals surface area (Å²) in [7, 11) is 0. The second kappa shape index (κ2) is 7.97. The third-order valence-corrected chi connectivity index (χ3v) is 4.66. The van der Waals surface area contributed by atoms with Crippen molar-refractivity contribution in [2.75, 3.05) is 10.6 Å². The number of hydrogen-bond acceptors (Lipinski definition) is 2. The SMILES string of the molecule is Cc1ccc(C)c(NC(=S)Nc2nn(Cc3ccccc3F)cc2Br)c1. The van der Waals surface area contributed by atoms with Crippen LogP contribution in [0.5, 0.6) is 0 Å². The molecule has 2 N–H and O–H groups in total. The zero-order valence-electron chi connectivity index (χ0n) is 14.4. The van der Waals surface area contributed by atoms with Crippen LogP contribution in [0.25, 0.3) is 0 Å². The van der Waals surface area contributed by atoms with Crippen molar-refractivity contribution in [2.24, 2.45) is 0 Å². The molecule has 1 aromatic heterocycles. The standard InChI is InChI=1S/C19H18BrFN4S/c1-12-7-8-13(2)17(9-12)22-19(26)23-18-15(20)11-25(24-18)10-14-5-3-4-6-16(14)21/h3-9,11H,10H2,1-2H3,(H2,22,23,24,26). The first-order chi connectivity index (χ1) is 12.4. The van der Waals surface area contributed by atoms with Gasteiger partial charge in [0.05, 0.1) is 11.0 Å². The highest BCUT2D eigenvalue weighted by Gasteiger charge is 2.11. The van der Waals surface area contributed by atoms with Crippen molar-refractivity contribution in [1.29, 1.82) is 0 Å². The molecule has 2 aromatic carbocycles. The fourth-order valence-corrected chi connectivity index (χ4v) is 3.12. The van der Waals surface area contributed by atoms with Crippen molar-refractivity contribution < 1.29 is 4.39 Å². The molecule has 0 bridgehead atoms. The van der Waals surface area contributed by atoms with E-state index in [0.29, 0.717) is 23.0 Å². The molecule has 134 valence electrons. The van der Waals surface area contributed by atoms with Crippen molar-refractivity contribution in [3.8, 4) is 0 Å². The summed E-state index contributed by atoms with van der Waals surface area (Å²) in [5.41, 5.74) is 3.77. The molecule has 0 radical (unpaired) electrons. The largest absolute Gasteiger partial charge is 0.332 e. The van der Waals surface area contributed by atoms with Crippen LogP contribution < -0.4 is 10.6 Å². The van der Waals surface area contributed by atoms with E-state index in [0.717, 1.165) is 21.3 Å². The number of rotatable bonds is 4. The van der Waals surface area contributed by atoms with Gasteiger partial charge in [-0.2, -0.15) is 5.10 Å². The summed E-state index contributed by atoms with van der Waals surface area (Å²) in [6.07, 6.45) is 1.79. The molecule has 0 unspecified atom stereocenters. The normalized spacial score (nSPS) is 10.6. The number of anilines is 2. The average molecular weight is 433 g/mol. The topological polar surface area (TPSA) is 41.9 Å². The summed E-state index contributed by atoms with van der Waals surface area (Å²) >= 11 is 8.85. The van der Waals surface area contributed by atoms with Crippen molar-refractivity contribution in [2.45, 2.75) is 20.4 Å². The number of benzene rings is 2. The number of aromatic nitrogens is 2. The van der Waals surface area contributed by atoms with E-state index in [-0.39, 0.29) is 5.82 Å². The van der Waals surface area contributed by atoms with Crippen LogP contribution in [-0.2, 0) is 6.54 Å². The molecule has 0 spiro atoms. The Morgan fingerprint density at radius 1 is 1.19 bits per heavy atom. The van der Waals surface area contributed by atoms with Gasteiger partial charge in [-0.05, 0) is 65.3 Å². The zero-order valence-corrected chi connectivity index (χ0v) is 16.8. The highest BCUT2D eigenvalue weighted by atomic mass is 79.9. The Labute approximate surface area is 165 Å². The number of thiocarbonyl (C=S) groups is 1. The molecule has 0 aliphatic rings. The first-order valence-corrected chi connectivity index (χ1v) is 9.24. The first kappa shape index (κ1) is 18.5. The molecule has 26 heavy (non-hydrogen) atoms. The minimum atomic E-state index is -0.249. The van der Waals surface area contributed by atoms with E-state index in [2.05, 4.69) is 37.7 Å². The predicted molar refractivity (Wildman–Crippen MR) is 111 cm³/mol. The van der Waals surface area contributed by atoms with Gasteiger partial charge in [-0.3, -0.25) is 4.68 Å². The monoisotopic (exact) mass is 432 g/mol. The fraction of sp³-hybridized carbons (Fsp3) is 0.158. The molecule has 0 atom stereocenters. The van der Waals surface area contributed by atoms with Crippen LogP contribution in [-0.4, -0.2) is 14.9 Å². The molecule has 4 nitrogen and oxygen atoms in total. The van der Waals surface area contributed by atoms with Gasteiger partial charge in [0.15, 0.2) is 10.9 Å². The Bertz CT molecular complexity index is 954. The first-order valence-electron chi connectivity index (χ1n) is 8.04. The molecule has 3 rings (SSSR count). The summed E-state index contributed by atoms with van der Waals surface area (Å²) < 4.78 is 16.2. The third kappa shape index (κ3) is 4.47. The second-order valence-electron chi connectivity index (χ2n) is 6.01. The van der Waals surface area contributed by atoms with E-state index in [9.17, 15) is 4.39 Å². The van der Waals surface area contributed by atoms with E-state index in [1.54, 1.807) is 29.1 Å². The van der Waals surface area contributed by atoms with Crippen LogP contribution in [0.3, 0.4) is 0 Å². The van der Waals surface area contributed by atoms with Gasteiger partial charge >= 0.3 is 0 Å². The smallest absolute Gasteiger partial charge is 0.176 e. The van der Waals surface area contributed by atoms with Gasteiger partial charge in [0.2, 0.25) is 0 Å². The number of nitrogens with zero attached hydrogens (tertiary/aromatic N) is 2. The molecule has 0 amide bonds. The van der Waals surface area contributed by atoms with E-state index in [1.807, 2.05) is 26.0 Å². The summed E-state index contributed by atoms with van der Waals surface area (Å²) in [6.45, 7) is 4.38. The van der Waals surface area contributed by atoms with Gasteiger partial charge in [0, 0.05) is 17.4 Å². The minimum Gasteiger partial charge on any atom is -0.332 e. The fourth-order valence-electron chi connectivity index (χ4n) is 2.50. The summed E-state index contributed by atoms with van der Waals surface area (Å²) in [4.78, 5) is 0. The van der Waals surface area contributed by atoms with Gasteiger partial charge < -0.3 is 10.6 Å². The molecule has 0 fully saturated rings. The second-order valence-corrected chi connectivity index (χ2v) is 7.27. The van der Waals surface area contributed by atoms with E-state index < -0.39 is 0 Å². The molecule has 0 aliphatic heterocycles. The molecular weight excluding hydrogens is 415 g/mol. The lowest BCUT2D eigenvalue weighted by Crippen LogP contribution is -2.20. The average Bonchev–Trinajstić information content (AvgIpc) is 2.92. The minimum absolute atomic E-state index is 0.249. The van der Waals surface area contributed by atoms with Gasteiger partial charge in [-0.15, -0.1) is 0 Å². The van der Waals surface area contributed by atoms with Crippen LogP contribution in [0.2, 0.25) is 0 Å². The zero-order chi connectivity index (χ0) is 18.7. The third-order valence-electron chi connectivity index (χ3n) is 3.88. The van der Waals surface area contributed by atoms with Crippen LogP contribution in [0.4, 0.5) is 15.9 Å². The summed E-state index contributed by atoms with van der Waals surface area (Å²) in [5.74, 6) is 0.324. The molecule has 7 heteroatoms. The van der Waals surface area contributed by atoms with E-state index in [1.165, 1.54) is 6.07 Å². The van der Waals surface area contributed by atoms with Crippen LogP contribution in [0, 0.1) is 19.7 Å².